The minimum atomic E-state index is -2.75. The first-order chi connectivity index (χ1) is 14.5. The van der Waals surface area contributed by atoms with E-state index in [-0.39, 0.29) is 60.9 Å². The zero-order chi connectivity index (χ0) is 22.2. The summed E-state index contributed by atoms with van der Waals surface area (Å²) in [5.74, 6) is -6.91. The Morgan fingerprint density at radius 2 is 1.84 bits per heavy atom. The van der Waals surface area contributed by atoms with Crippen LogP contribution in [0.2, 0.25) is 0 Å². The maximum Gasteiger partial charge on any atom is 0.268 e. The fourth-order valence-electron chi connectivity index (χ4n) is 6.01. The molecule has 5 rings (SSSR count). The average Bonchev–Trinajstić information content (AvgIpc) is 3.03. The highest BCUT2D eigenvalue weighted by atomic mass is 19.3. The second-order valence-corrected chi connectivity index (χ2v) is 9.57. The number of aromatic nitrogens is 2. The predicted molar refractivity (Wildman–Crippen MR) is 105 cm³/mol. The molecule has 1 spiro atoms. The second kappa shape index (κ2) is 6.53. The van der Waals surface area contributed by atoms with E-state index in [1.54, 1.807) is 6.07 Å². The van der Waals surface area contributed by atoms with Crippen LogP contribution in [0.4, 0.5) is 17.6 Å². The number of nitrogens with one attached hydrogen (secondary N) is 1. The Morgan fingerprint density at radius 3 is 2.45 bits per heavy atom. The molecule has 31 heavy (non-hydrogen) atoms. The number of amides is 1. The van der Waals surface area contributed by atoms with Gasteiger partial charge in [0.05, 0.1) is 10.9 Å². The Bertz CT molecular complexity index is 1120. The number of carbonyl (C=O) groups is 1. The Morgan fingerprint density at radius 1 is 1.16 bits per heavy atom. The highest BCUT2D eigenvalue weighted by Gasteiger charge is 2.74. The summed E-state index contributed by atoms with van der Waals surface area (Å²) in [6.07, 6.45) is 1.79. The molecule has 0 aliphatic heterocycles. The zero-order valence-corrected chi connectivity index (χ0v) is 16.8. The maximum absolute atomic E-state index is 14.3. The van der Waals surface area contributed by atoms with E-state index >= 15 is 0 Å². The highest BCUT2D eigenvalue weighted by molar-refractivity contribution is 6.03. The molecule has 0 saturated heterocycles. The Hall–Kier alpha value is -2.45. The number of pyridine rings is 2. The second-order valence-electron chi connectivity index (χ2n) is 9.57. The van der Waals surface area contributed by atoms with E-state index in [1.165, 1.54) is 12.3 Å². The molecule has 9 heteroatoms. The van der Waals surface area contributed by atoms with Gasteiger partial charge in [-0.25, -0.2) is 17.6 Å². The summed E-state index contributed by atoms with van der Waals surface area (Å²) in [5, 5.41) is 0.0667. The summed E-state index contributed by atoms with van der Waals surface area (Å²) < 4.78 is 55.9. The third-order valence-corrected chi connectivity index (χ3v) is 7.73. The molecule has 3 N–H and O–H groups in total. The lowest BCUT2D eigenvalue weighted by atomic mass is 9.73. The van der Waals surface area contributed by atoms with Crippen LogP contribution in [0.1, 0.15) is 67.0 Å². The van der Waals surface area contributed by atoms with Gasteiger partial charge in [0.1, 0.15) is 5.69 Å². The number of fused-ring (bicyclic) bond motifs is 1. The monoisotopic (exact) mass is 437 g/mol. The summed E-state index contributed by atoms with van der Waals surface area (Å²) in [4.78, 5) is 31.5. The van der Waals surface area contributed by atoms with Crippen molar-refractivity contribution in [3.63, 3.8) is 0 Å². The van der Waals surface area contributed by atoms with E-state index in [1.807, 2.05) is 0 Å². The van der Waals surface area contributed by atoms with Crippen molar-refractivity contribution in [1.29, 1.82) is 0 Å². The van der Waals surface area contributed by atoms with Crippen molar-refractivity contribution in [2.75, 3.05) is 0 Å². The van der Waals surface area contributed by atoms with Crippen LogP contribution >= 0.6 is 0 Å². The number of primary amides is 1. The lowest BCUT2D eigenvalue weighted by molar-refractivity contribution is -0.0534. The van der Waals surface area contributed by atoms with E-state index in [2.05, 4.69) is 9.97 Å². The molecule has 3 aliphatic rings. The van der Waals surface area contributed by atoms with Crippen LogP contribution in [0, 0.1) is 17.3 Å². The molecule has 0 radical (unpaired) electrons. The van der Waals surface area contributed by atoms with Gasteiger partial charge in [-0.15, -0.1) is 0 Å². The number of aromatic amines is 1. The Labute approximate surface area is 175 Å². The van der Waals surface area contributed by atoms with Crippen LogP contribution in [-0.4, -0.2) is 27.7 Å². The van der Waals surface area contributed by atoms with Gasteiger partial charge >= 0.3 is 0 Å². The Balaban J connectivity index is 1.54. The number of nitrogens with zero attached hydrogens (tertiary/aromatic N) is 1. The molecular formula is C22H23F4N3O2. The molecule has 3 saturated carbocycles. The molecule has 3 fully saturated rings. The van der Waals surface area contributed by atoms with E-state index in [4.69, 9.17) is 5.73 Å². The van der Waals surface area contributed by atoms with Gasteiger partial charge in [-0.1, -0.05) is 0 Å². The zero-order valence-electron chi connectivity index (χ0n) is 16.8. The molecule has 3 atom stereocenters. The smallest absolute Gasteiger partial charge is 0.268 e. The van der Waals surface area contributed by atoms with Crippen LogP contribution < -0.4 is 11.2 Å². The molecular weight excluding hydrogens is 414 g/mol. The van der Waals surface area contributed by atoms with Gasteiger partial charge in [0.2, 0.25) is 5.92 Å². The highest BCUT2D eigenvalue weighted by Crippen LogP contribution is 2.73. The first-order valence-corrected chi connectivity index (χ1v) is 10.6. The first-order valence-electron chi connectivity index (χ1n) is 10.6. The molecule has 5 nitrogen and oxygen atoms in total. The lowest BCUT2D eigenvalue weighted by Crippen LogP contribution is -2.30. The van der Waals surface area contributed by atoms with Crippen molar-refractivity contribution in [3.05, 3.63) is 39.9 Å². The van der Waals surface area contributed by atoms with E-state index in [9.17, 15) is 27.2 Å². The number of hydrogen-bond acceptors (Lipinski definition) is 3. The number of alkyl halides is 4. The van der Waals surface area contributed by atoms with Crippen LogP contribution in [0.25, 0.3) is 10.9 Å². The van der Waals surface area contributed by atoms with Crippen LogP contribution in [-0.2, 0) is 0 Å². The molecule has 0 aromatic carbocycles. The van der Waals surface area contributed by atoms with E-state index in [0.29, 0.717) is 24.1 Å². The number of halogens is 4. The van der Waals surface area contributed by atoms with Crippen molar-refractivity contribution in [2.45, 2.75) is 62.7 Å². The molecule has 2 heterocycles. The van der Waals surface area contributed by atoms with Gasteiger partial charge in [-0.2, -0.15) is 0 Å². The van der Waals surface area contributed by atoms with E-state index < -0.39 is 28.6 Å². The number of carbonyl (C=O) groups excluding carboxylic acids is 1. The SMILES string of the molecule is NC(=O)c1nccc2[nH]c([C@@H]3C[C@@]4(C[C@H]3C3CCC(F)(F)CC3)CC4(F)F)cc(=O)c12. The van der Waals surface area contributed by atoms with Crippen LogP contribution in [0.15, 0.2) is 23.1 Å². The van der Waals surface area contributed by atoms with Crippen molar-refractivity contribution in [3.8, 4) is 0 Å². The summed E-state index contributed by atoms with van der Waals surface area (Å²) in [7, 11) is 0. The summed E-state index contributed by atoms with van der Waals surface area (Å²) in [6.45, 7) is 0. The van der Waals surface area contributed by atoms with Crippen LogP contribution in [0.3, 0.4) is 0 Å². The van der Waals surface area contributed by atoms with Crippen molar-refractivity contribution in [1.82, 2.24) is 9.97 Å². The minimum absolute atomic E-state index is 0.0667. The van der Waals surface area contributed by atoms with Crippen molar-refractivity contribution in [2.24, 2.45) is 23.0 Å². The predicted octanol–water partition coefficient (Wildman–Crippen LogP) is 4.37. The van der Waals surface area contributed by atoms with Gasteiger partial charge in [0.15, 0.2) is 5.43 Å². The summed E-state index contributed by atoms with van der Waals surface area (Å²) >= 11 is 0. The number of H-pyrrole nitrogens is 1. The number of rotatable bonds is 3. The van der Waals surface area contributed by atoms with Gasteiger partial charge in [-0.3, -0.25) is 14.6 Å². The van der Waals surface area contributed by atoms with Crippen LogP contribution in [0.5, 0.6) is 0 Å². The molecule has 0 unspecified atom stereocenters. The third-order valence-electron chi connectivity index (χ3n) is 7.73. The number of hydrogen-bond donors (Lipinski definition) is 2. The van der Waals surface area contributed by atoms with E-state index in [0.717, 1.165) is 0 Å². The van der Waals surface area contributed by atoms with Gasteiger partial charge in [0.25, 0.3) is 11.8 Å². The molecule has 3 aliphatic carbocycles. The third kappa shape index (κ3) is 3.24. The lowest BCUT2D eigenvalue weighted by Gasteiger charge is -2.35. The van der Waals surface area contributed by atoms with Gasteiger partial charge in [0, 0.05) is 48.6 Å². The fourth-order valence-corrected chi connectivity index (χ4v) is 6.01. The maximum atomic E-state index is 14.3. The normalized spacial score (nSPS) is 31.9. The number of nitrogens with two attached hydrogens (primary N) is 1. The quantitative estimate of drug-likeness (QED) is 0.699. The standard InChI is InChI=1S/C22H23F4N3O2/c23-21(24)4-1-11(2-5-21)12-8-20(10-22(20,25)26)9-13(12)15-7-16(30)17-14(29-15)3-6-28-18(17)19(27)31/h3,6-7,11-13H,1-2,4-5,8-10H2,(H2,27,31)(H,29,30)/t12-,13+,20-/m0/s1. The topological polar surface area (TPSA) is 88.8 Å². The molecule has 0 bridgehead atoms. The van der Waals surface area contributed by atoms with Gasteiger partial charge < -0.3 is 10.7 Å². The Kier molecular flexibility index (Phi) is 4.31. The largest absolute Gasteiger partial charge is 0.364 e. The summed E-state index contributed by atoms with van der Waals surface area (Å²) in [5.41, 5.74) is 4.50. The summed E-state index contributed by atoms with van der Waals surface area (Å²) in [6, 6.07) is 2.88. The minimum Gasteiger partial charge on any atom is -0.364 e. The van der Waals surface area contributed by atoms with Gasteiger partial charge in [-0.05, 0) is 43.6 Å². The van der Waals surface area contributed by atoms with Crippen molar-refractivity contribution >= 4 is 16.8 Å². The fraction of sp³-hybridized carbons (Fsp3) is 0.591. The molecule has 2 aromatic rings. The first kappa shape index (κ1) is 20.5. The average molecular weight is 437 g/mol. The molecule has 2 aromatic heterocycles. The molecule has 1 amide bonds. The molecule has 166 valence electrons. The van der Waals surface area contributed by atoms with Crippen molar-refractivity contribution < 1.29 is 22.4 Å².